The van der Waals surface area contributed by atoms with E-state index < -0.39 is 0 Å². The molecule has 4 aromatic rings. The van der Waals surface area contributed by atoms with Gasteiger partial charge in [-0.15, -0.1) is 0 Å². The lowest BCUT2D eigenvalue weighted by Crippen LogP contribution is -1.93. The number of aliphatic hydroxyl groups is 1. The third-order valence-corrected chi connectivity index (χ3v) is 4.44. The van der Waals surface area contributed by atoms with Gasteiger partial charge in [0.15, 0.2) is 0 Å². The van der Waals surface area contributed by atoms with Gasteiger partial charge in [0.25, 0.3) is 0 Å². The van der Waals surface area contributed by atoms with E-state index in [9.17, 15) is 9.50 Å². The highest BCUT2D eigenvalue weighted by Crippen LogP contribution is 2.32. The zero-order valence-corrected chi connectivity index (χ0v) is 13.6. The number of rotatable bonds is 2. The second-order valence-electron chi connectivity index (χ2n) is 5.38. The number of halogens is 2. The van der Waals surface area contributed by atoms with Gasteiger partial charge in [0.2, 0.25) is 0 Å². The predicted molar refractivity (Wildman–Crippen MR) is 92.6 cm³/mol. The number of hydrogen-bond acceptors (Lipinski definition) is 2. The average molecular weight is 371 g/mol. The summed E-state index contributed by atoms with van der Waals surface area (Å²) >= 11 is 3.48. The summed E-state index contributed by atoms with van der Waals surface area (Å²) in [5, 5.41) is 11.3. The average Bonchev–Trinajstić information content (AvgIpc) is 2.97. The maximum Gasteiger partial charge on any atom is 0.123 e. The number of pyridine rings is 1. The molecule has 0 unspecified atom stereocenters. The van der Waals surface area contributed by atoms with E-state index in [1.54, 1.807) is 6.07 Å². The quantitative estimate of drug-likeness (QED) is 0.533. The summed E-state index contributed by atoms with van der Waals surface area (Å²) in [6.07, 6.45) is 1.90. The Morgan fingerprint density at radius 1 is 1.09 bits per heavy atom. The van der Waals surface area contributed by atoms with Gasteiger partial charge in [-0.3, -0.25) is 0 Å². The lowest BCUT2D eigenvalue weighted by Gasteiger charge is -2.08. The SMILES string of the molecule is OCc1cc(-c2c[nH]c3ccc(Br)cc23)nc2ccc(F)cc12. The Labute approximate surface area is 139 Å². The molecule has 2 aromatic heterocycles. The molecule has 3 nitrogen and oxygen atoms in total. The number of hydrogen-bond donors (Lipinski definition) is 2. The minimum Gasteiger partial charge on any atom is -0.392 e. The molecule has 2 heterocycles. The molecule has 5 heteroatoms. The first-order chi connectivity index (χ1) is 11.2. The molecule has 0 saturated heterocycles. The van der Waals surface area contributed by atoms with Gasteiger partial charge in [-0.1, -0.05) is 15.9 Å². The monoisotopic (exact) mass is 370 g/mol. The van der Waals surface area contributed by atoms with Crippen molar-refractivity contribution in [2.45, 2.75) is 6.61 Å². The van der Waals surface area contributed by atoms with Crippen LogP contribution < -0.4 is 0 Å². The molecule has 0 fully saturated rings. The van der Waals surface area contributed by atoms with Crippen molar-refractivity contribution >= 4 is 37.7 Å². The summed E-state index contributed by atoms with van der Waals surface area (Å²) in [4.78, 5) is 7.86. The van der Waals surface area contributed by atoms with Crippen molar-refractivity contribution < 1.29 is 9.50 Å². The van der Waals surface area contributed by atoms with Crippen LogP contribution in [0.2, 0.25) is 0 Å². The first-order valence-electron chi connectivity index (χ1n) is 7.13. The lowest BCUT2D eigenvalue weighted by molar-refractivity contribution is 0.283. The van der Waals surface area contributed by atoms with Gasteiger partial charge in [0, 0.05) is 32.5 Å². The van der Waals surface area contributed by atoms with E-state index in [1.165, 1.54) is 12.1 Å². The fourth-order valence-electron chi connectivity index (χ4n) is 2.84. The Morgan fingerprint density at radius 2 is 1.96 bits per heavy atom. The second kappa shape index (κ2) is 5.44. The number of aliphatic hydroxyl groups excluding tert-OH is 1. The third-order valence-electron chi connectivity index (χ3n) is 3.95. The molecule has 0 aliphatic heterocycles. The summed E-state index contributed by atoms with van der Waals surface area (Å²) in [5.74, 6) is -0.335. The van der Waals surface area contributed by atoms with Gasteiger partial charge < -0.3 is 10.1 Å². The molecule has 0 aliphatic rings. The van der Waals surface area contributed by atoms with Crippen LogP contribution in [0.1, 0.15) is 5.56 Å². The highest BCUT2D eigenvalue weighted by atomic mass is 79.9. The van der Waals surface area contributed by atoms with Crippen molar-refractivity contribution in [3.05, 3.63) is 64.5 Å². The molecule has 0 radical (unpaired) electrons. The van der Waals surface area contributed by atoms with Crippen molar-refractivity contribution in [1.82, 2.24) is 9.97 Å². The van der Waals surface area contributed by atoms with Crippen LogP contribution in [0.5, 0.6) is 0 Å². The van der Waals surface area contributed by atoms with Crippen molar-refractivity contribution in [3.63, 3.8) is 0 Å². The molecule has 23 heavy (non-hydrogen) atoms. The van der Waals surface area contributed by atoms with Crippen LogP contribution in [0.15, 0.2) is 53.1 Å². The highest BCUT2D eigenvalue weighted by Gasteiger charge is 2.12. The Balaban J connectivity index is 2.01. The van der Waals surface area contributed by atoms with Crippen LogP contribution in [0, 0.1) is 5.82 Å². The minimum atomic E-state index is -0.335. The summed E-state index contributed by atoms with van der Waals surface area (Å²) < 4.78 is 14.4. The number of aromatic amines is 1. The number of benzene rings is 2. The van der Waals surface area contributed by atoms with Crippen LogP contribution in [0.4, 0.5) is 4.39 Å². The third kappa shape index (κ3) is 2.42. The van der Waals surface area contributed by atoms with Gasteiger partial charge in [0.05, 0.1) is 17.8 Å². The first-order valence-corrected chi connectivity index (χ1v) is 7.92. The van der Waals surface area contributed by atoms with E-state index in [4.69, 9.17) is 0 Å². The molecule has 4 rings (SSSR count). The van der Waals surface area contributed by atoms with Gasteiger partial charge in [0.1, 0.15) is 5.82 Å². The number of nitrogens with zero attached hydrogens (tertiary/aromatic N) is 1. The first kappa shape index (κ1) is 14.4. The molecule has 2 aromatic carbocycles. The normalized spacial score (nSPS) is 11.4. The maximum absolute atomic E-state index is 13.5. The van der Waals surface area contributed by atoms with E-state index in [0.717, 1.165) is 26.6 Å². The smallest absolute Gasteiger partial charge is 0.123 e. The molecule has 0 bridgehead atoms. The largest absolute Gasteiger partial charge is 0.392 e. The summed E-state index contributed by atoms with van der Waals surface area (Å²) in [6, 6.07) is 12.2. The Bertz CT molecular complexity index is 1040. The number of aromatic nitrogens is 2. The van der Waals surface area contributed by atoms with Crippen LogP contribution in [-0.4, -0.2) is 15.1 Å². The molecule has 0 atom stereocenters. The van der Waals surface area contributed by atoms with Crippen LogP contribution in [0.25, 0.3) is 33.1 Å². The molecule has 0 spiro atoms. The topological polar surface area (TPSA) is 48.9 Å². The Morgan fingerprint density at radius 3 is 2.78 bits per heavy atom. The van der Waals surface area contributed by atoms with E-state index in [0.29, 0.717) is 16.5 Å². The van der Waals surface area contributed by atoms with Crippen molar-refractivity contribution in [3.8, 4) is 11.3 Å². The molecule has 0 aliphatic carbocycles. The summed E-state index contributed by atoms with van der Waals surface area (Å²) in [5.41, 5.74) is 4.03. The lowest BCUT2D eigenvalue weighted by atomic mass is 10.0. The molecule has 0 amide bonds. The zero-order valence-electron chi connectivity index (χ0n) is 12.0. The van der Waals surface area contributed by atoms with E-state index in [2.05, 4.69) is 25.9 Å². The zero-order chi connectivity index (χ0) is 16.0. The number of fused-ring (bicyclic) bond motifs is 2. The van der Waals surface area contributed by atoms with Gasteiger partial charge in [-0.25, -0.2) is 9.37 Å². The van der Waals surface area contributed by atoms with Crippen molar-refractivity contribution in [2.24, 2.45) is 0 Å². The van der Waals surface area contributed by atoms with Gasteiger partial charge in [-0.2, -0.15) is 0 Å². The molecular formula is C18H12BrFN2O. The van der Waals surface area contributed by atoms with Crippen molar-refractivity contribution in [1.29, 1.82) is 0 Å². The maximum atomic E-state index is 13.5. The molecular weight excluding hydrogens is 359 g/mol. The Hall–Kier alpha value is -2.24. The van der Waals surface area contributed by atoms with Crippen LogP contribution in [0.3, 0.4) is 0 Å². The van der Waals surface area contributed by atoms with Gasteiger partial charge >= 0.3 is 0 Å². The van der Waals surface area contributed by atoms with E-state index in [-0.39, 0.29) is 12.4 Å². The highest BCUT2D eigenvalue weighted by molar-refractivity contribution is 9.10. The Kier molecular flexibility index (Phi) is 3.39. The molecule has 114 valence electrons. The molecule has 2 N–H and O–H groups in total. The van der Waals surface area contributed by atoms with Crippen molar-refractivity contribution in [2.75, 3.05) is 0 Å². The number of nitrogens with one attached hydrogen (secondary N) is 1. The van der Waals surface area contributed by atoms with E-state index in [1.807, 2.05) is 30.5 Å². The fraction of sp³-hybridized carbons (Fsp3) is 0.0556. The second-order valence-corrected chi connectivity index (χ2v) is 6.29. The predicted octanol–water partition coefficient (Wildman–Crippen LogP) is 4.78. The summed E-state index contributed by atoms with van der Waals surface area (Å²) in [7, 11) is 0. The minimum absolute atomic E-state index is 0.165. The van der Waals surface area contributed by atoms with Gasteiger partial charge in [-0.05, 0) is 48.0 Å². The van der Waals surface area contributed by atoms with Crippen LogP contribution >= 0.6 is 15.9 Å². The van der Waals surface area contributed by atoms with Crippen LogP contribution in [-0.2, 0) is 6.61 Å². The standard InChI is InChI=1S/C18H12BrFN2O/c19-11-1-3-16-14(6-11)15(8-21-16)18-5-10(9-23)13-7-12(20)2-4-17(13)22-18/h1-8,21,23H,9H2. The fourth-order valence-corrected chi connectivity index (χ4v) is 3.20. The molecule has 0 saturated carbocycles. The summed E-state index contributed by atoms with van der Waals surface area (Å²) in [6.45, 7) is -0.165. The number of H-pyrrole nitrogens is 1. The van der Waals surface area contributed by atoms with E-state index >= 15 is 0 Å².